The molecule has 0 radical (unpaired) electrons. The highest BCUT2D eigenvalue weighted by molar-refractivity contribution is 6.26. The highest BCUT2D eigenvalue weighted by atomic mass is 15.1. The molecule has 1 aliphatic rings. The van der Waals surface area contributed by atoms with E-state index < -0.39 is 0 Å². The molecule has 2 heterocycles. The van der Waals surface area contributed by atoms with Crippen LogP contribution in [0.4, 0.5) is 0 Å². The highest BCUT2D eigenvalue weighted by Crippen LogP contribution is 2.52. The van der Waals surface area contributed by atoms with Crippen LogP contribution >= 0.6 is 0 Å². The lowest BCUT2D eigenvalue weighted by atomic mass is 9.98. The molecule has 2 aromatic heterocycles. The summed E-state index contributed by atoms with van der Waals surface area (Å²) in [6.45, 7) is 0. The molecule has 0 unspecified atom stereocenters. The van der Waals surface area contributed by atoms with E-state index >= 15 is 0 Å². The zero-order valence-corrected chi connectivity index (χ0v) is 22.1. The van der Waals surface area contributed by atoms with Crippen molar-refractivity contribution in [2.75, 3.05) is 0 Å². The highest BCUT2D eigenvalue weighted by Gasteiger charge is 2.26. The van der Waals surface area contributed by atoms with Crippen LogP contribution in [-0.4, -0.2) is 14.5 Å². The molecule has 0 atom stereocenters. The van der Waals surface area contributed by atoms with E-state index in [9.17, 15) is 0 Å². The van der Waals surface area contributed by atoms with Gasteiger partial charge in [-0.15, -0.1) is 0 Å². The van der Waals surface area contributed by atoms with E-state index in [-0.39, 0.29) is 0 Å². The van der Waals surface area contributed by atoms with Crippen molar-refractivity contribution >= 4 is 32.6 Å². The fourth-order valence-electron chi connectivity index (χ4n) is 6.61. The molecule has 0 spiro atoms. The Morgan fingerprint density at radius 1 is 0.463 bits per heavy atom. The molecule has 0 amide bonds. The summed E-state index contributed by atoms with van der Waals surface area (Å²) in [7, 11) is 0. The second-order valence-corrected chi connectivity index (χ2v) is 10.6. The van der Waals surface area contributed by atoms with Crippen LogP contribution in [0.3, 0.4) is 0 Å². The molecule has 0 aliphatic heterocycles. The normalized spacial score (nSPS) is 11.9. The van der Waals surface area contributed by atoms with Gasteiger partial charge in [0.15, 0.2) is 5.82 Å². The largest absolute Gasteiger partial charge is 0.294 e. The Morgan fingerprint density at radius 3 is 1.98 bits per heavy atom. The van der Waals surface area contributed by atoms with Crippen LogP contribution in [0.1, 0.15) is 0 Å². The molecule has 3 nitrogen and oxygen atoms in total. The lowest BCUT2D eigenvalue weighted by Gasteiger charge is -2.12. The van der Waals surface area contributed by atoms with Crippen LogP contribution in [0, 0.1) is 0 Å². The van der Waals surface area contributed by atoms with Gasteiger partial charge >= 0.3 is 0 Å². The number of para-hydroxylation sites is 1. The van der Waals surface area contributed by atoms with Gasteiger partial charge in [0.1, 0.15) is 5.82 Å². The SMILES string of the molecule is c1ccc(-c2cc(-n3c4ccccc4c4c5c(ccc43)-c3cccc4cccc-5c34)nc(-c3ccccc3)n2)cc1. The zero-order valence-electron chi connectivity index (χ0n) is 22.1. The van der Waals surface area contributed by atoms with E-state index in [2.05, 4.69) is 120 Å². The quantitative estimate of drug-likeness (QED) is 0.232. The predicted molar refractivity (Wildman–Crippen MR) is 169 cm³/mol. The first-order valence-electron chi connectivity index (χ1n) is 13.9. The number of benzene rings is 6. The van der Waals surface area contributed by atoms with Crippen molar-refractivity contribution in [1.82, 2.24) is 14.5 Å². The lowest BCUT2D eigenvalue weighted by Crippen LogP contribution is -2.02. The van der Waals surface area contributed by atoms with Crippen LogP contribution in [0.5, 0.6) is 0 Å². The van der Waals surface area contributed by atoms with Gasteiger partial charge in [-0.05, 0) is 39.6 Å². The lowest BCUT2D eigenvalue weighted by molar-refractivity contribution is 1.05. The Bertz CT molecular complexity index is 2230. The van der Waals surface area contributed by atoms with Crippen molar-refractivity contribution in [2.45, 2.75) is 0 Å². The maximum Gasteiger partial charge on any atom is 0.162 e. The molecule has 0 N–H and O–H groups in total. The minimum atomic E-state index is 0.714. The summed E-state index contributed by atoms with van der Waals surface area (Å²) in [5.74, 6) is 1.57. The van der Waals surface area contributed by atoms with Gasteiger partial charge in [-0.1, -0.05) is 121 Å². The Balaban J connectivity index is 1.39. The summed E-state index contributed by atoms with van der Waals surface area (Å²) in [6.07, 6.45) is 0. The van der Waals surface area contributed by atoms with Crippen LogP contribution in [0.2, 0.25) is 0 Å². The van der Waals surface area contributed by atoms with Gasteiger partial charge in [0.05, 0.1) is 16.7 Å². The number of fused-ring (bicyclic) bond motifs is 7. The first-order chi connectivity index (χ1) is 20.3. The van der Waals surface area contributed by atoms with Gasteiger partial charge < -0.3 is 0 Å². The van der Waals surface area contributed by atoms with Crippen molar-refractivity contribution in [3.8, 4) is 50.7 Å². The fourth-order valence-corrected chi connectivity index (χ4v) is 6.61. The molecule has 190 valence electrons. The molecular formula is C38H23N3. The second-order valence-electron chi connectivity index (χ2n) is 10.6. The smallest absolute Gasteiger partial charge is 0.162 e. The van der Waals surface area contributed by atoms with Gasteiger partial charge in [-0.25, -0.2) is 9.97 Å². The van der Waals surface area contributed by atoms with Gasteiger partial charge in [0.2, 0.25) is 0 Å². The molecule has 3 heteroatoms. The summed E-state index contributed by atoms with van der Waals surface area (Å²) >= 11 is 0. The third-order valence-corrected chi connectivity index (χ3v) is 8.35. The second kappa shape index (κ2) is 8.48. The number of aromatic nitrogens is 3. The maximum absolute atomic E-state index is 5.20. The molecule has 1 aliphatic carbocycles. The summed E-state index contributed by atoms with van der Waals surface area (Å²) < 4.78 is 2.31. The predicted octanol–water partition coefficient (Wildman–Crippen LogP) is 9.71. The molecular weight excluding hydrogens is 498 g/mol. The van der Waals surface area contributed by atoms with Gasteiger partial charge in [-0.2, -0.15) is 0 Å². The number of rotatable bonds is 3. The van der Waals surface area contributed by atoms with Gasteiger partial charge in [0, 0.05) is 33.5 Å². The number of hydrogen-bond acceptors (Lipinski definition) is 2. The molecule has 8 aromatic rings. The van der Waals surface area contributed by atoms with E-state index in [1.54, 1.807) is 0 Å². The fraction of sp³-hybridized carbons (Fsp3) is 0. The topological polar surface area (TPSA) is 30.7 Å². The third kappa shape index (κ3) is 3.20. The average Bonchev–Trinajstić information content (AvgIpc) is 3.56. The molecule has 41 heavy (non-hydrogen) atoms. The van der Waals surface area contributed by atoms with Crippen molar-refractivity contribution in [3.05, 3.63) is 140 Å². The minimum absolute atomic E-state index is 0.714. The molecule has 0 fully saturated rings. The van der Waals surface area contributed by atoms with E-state index in [4.69, 9.17) is 9.97 Å². The first-order valence-corrected chi connectivity index (χ1v) is 13.9. The van der Waals surface area contributed by atoms with E-state index in [0.717, 1.165) is 33.7 Å². The number of nitrogens with zero attached hydrogens (tertiary/aromatic N) is 3. The molecule has 6 aromatic carbocycles. The van der Waals surface area contributed by atoms with Crippen LogP contribution in [0.25, 0.3) is 83.3 Å². The average molecular weight is 522 g/mol. The van der Waals surface area contributed by atoms with E-state index in [0.29, 0.717) is 5.82 Å². The number of hydrogen-bond donors (Lipinski definition) is 0. The summed E-state index contributed by atoms with van der Waals surface area (Å²) in [6, 6.07) is 49.3. The monoisotopic (exact) mass is 521 g/mol. The maximum atomic E-state index is 5.20. The molecule has 9 rings (SSSR count). The Hall–Kier alpha value is -5.54. The Morgan fingerprint density at radius 2 is 1.17 bits per heavy atom. The van der Waals surface area contributed by atoms with E-state index in [1.807, 2.05) is 24.3 Å². The van der Waals surface area contributed by atoms with Crippen LogP contribution in [-0.2, 0) is 0 Å². The van der Waals surface area contributed by atoms with Crippen molar-refractivity contribution in [3.63, 3.8) is 0 Å². The molecule has 0 bridgehead atoms. The summed E-state index contributed by atoms with van der Waals surface area (Å²) in [4.78, 5) is 10.2. The minimum Gasteiger partial charge on any atom is -0.294 e. The van der Waals surface area contributed by atoms with Gasteiger partial charge in [-0.3, -0.25) is 4.57 Å². The van der Waals surface area contributed by atoms with Gasteiger partial charge in [0.25, 0.3) is 0 Å². The van der Waals surface area contributed by atoms with E-state index in [1.165, 1.54) is 43.8 Å². The third-order valence-electron chi connectivity index (χ3n) is 8.35. The standard InChI is InChI=1S/C38H23N3/c1-3-11-24(12-4-1)31-23-34(40-38(39-31)26-13-5-2-6-14-26)41-32-20-8-7-17-29(32)37-33(41)22-21-28-27-18-9-15-25-16-10-19-30(35(25)27)36(28)37/h1-23H. The summed E-state index contributed by atoms with van der Waals surface area (Å²) in [5.41, 5.74) is 10.5. The summed E-state index contributed by atoms with van der Waals surface area (Å²) in [5, 5.41) is 5.12. The molecule has 0 saturated carbocycles. The van der Waals surface area contributed by atoms with Crippen molar-refractivity contribution < 1.29 is 0 Å². The van der Waals surface area contributed by atoms with Crippen molar-refractivity contribution in [2.24, 2.45) is 0 Å². The van der Waals surface area contributed by atoms with Crippen molar-refractivity contribution in [1.29, 1.82) is 0 Å². The zero-order chi connectivity index (χ0) is 26.9. The van der Waals surface area contributed by atoms with Crippen LogP contribution in [0.15, 0.2) is 140 Å². The Labute approximate surface area is 237 Å². The molecule has 0 saturated heterocycles. The Kier molecular flexibility index (Phi) is 4.61. The van der Waals surface area contributed by atoms with Crippen LogP contribution < -0.4 is 0 Å². The first kappa shape index (κ1) is 22.3.